The van der Waals surface area contributed by atoms with Crippen LogP contribution in [0.2, 0.25) is 5.02 Å². The van der Waals surface area contributed by atoms with E-state index in [2.05, 4.69) is 36.3 Å². The average molecular weight is 253 g/mol. The molecule has 0 aliphatic carbocycles. The zero-order valence-corrected chi connectivity index (χ0v) is 11.4. The van der Waals surface area contributed by atoms with Crippen molar-refractivity contribution in [1.29, 1.82) is 0 Å². The molecule has 2 nitrogen and oxygen atoms in total. The first-order valence-corrected chi connectivity index (χ1v) is 6.59. The van der Waals surface area contributed by atoms with Crippen molar-refractivity contribution < 1.29 is 0 Å². The quantitative estimate of drug-likeness (QED) is 0.887. The fraction of sp³-hybridized carbons (Fsp3) is 0.571. The lowest BCUT2D eigenvalue weighted by Gasteiger charge is -2.29. The molecule has 1 aliphatic rings. The maximum Gasteiger partial charge on any atom is 0.0406 e. The molecule has 0 bridgehead atoms. The lowest BCUT2D eigenvalue weighted by Crippen LogP contribution is -2.34. The number of halogens is 1. The van der Waals surface area contributed by atoms with E-state index < -0.39 is 0 Å². The zero-order chi connectivity index (χ0) is 12.3. The highest BCUT2D eigenvalue weighted by atomic mass is 35.5. The van der Waals surface area contributed by atoms with Gasteiger partial charge < -0.3 is 10.2 Å². The molecule has 1 fully saturated rings. The molecule has 1 aliphatic heterocycles. The van der Waals surface area contributed by atoms with Crippen LogP contribution in [0.3, 0.4) is 0 Å². The van der Waals surface area contributed by atoms with Crippen LogP contribution in [0, 0.1) is 5.41 Å². The minimum Gasteiger partial charge on any atom is -0.316 e. The van der Waals surface area contributed by atoms with E-state index in [-0.39, 0.29) is 0 Å². The Labute approximate surface area is 109 Å². The Balaban J connectivity index is 1.88. The van der Waals surface area contributed by atoms with Crippen LogP contribution in [0.25, 0.3) is 0 Å². The van der Waals surface area contributed by atoms with Gasteiger partial charge in [0.2, 0.25) is 0 Å². The van der Waals surface area contributed by atoms with Crippen LogP contribution in [-0.2, 0) is 6.54 Å². The first-order chi connectivity index (χ1) is 8.07. The second kappa shape index (κ2) is 5.38. The molecule has 1 N–H and O–H groups in total. The molecule has 0 radical (unpaired) electrons. The summed E-state index contributed by atoms with van der Waals surface area (Å²) in [6, 6.07) is 8.13. The van der Waals surface area contributed by atoms with Gasteiger partial charge in [-0.25, -0.2) is 0 Å². The number of hydrogen-bond donors (Lipinski definition) is 1. The number of nitrogens with one attached hydrogen (secondary N) is 1. The number of benzene rings is 1. The van der Waals surface area contributed by atoms with Crippen molar-refractivity contribution in [2.24, 2.45) is 5.41 Å². The minimum atomic E-state index is 0.432. The van der Waals surface area contributed by atoms with E-state index in [1.807, 2.05) is 12.1 Å². The molecule has 0 aromatic heterocycles. The summed E-state index contributed by atoms with van der Waals surface area (Å²) in [5.41, 5.74) is 1.76. The van der Waals surface area contributed by atoms with Crippen LogP contribution in [0.4, 0.5) is 0 Å². The summed E-state index contributed by atoms with van der Waals surface area (Å²) in [4.78, 5) is 2.40. The van der Waals surface area contributed by atoms with Crippen molar-refractivity contribution in [3.63, 3.8) is 0 Å². The Morgan fingerprint density at radius 2 is 2.06 bits per heavy atom. The second-order valence-corrected chi connectivity index (χ2v) is 5.97. The van der Waals surface area contributed by atoms with Crippen molar-refractivity contribution in [1.82, 2.24) is 10.2 Å². The van der Waals surface area contributed by atoms with Crippen molar-refractivity contribution in [3.8, 4) is 0 Å². The topological polar surface area (TPSA) is 15.3 Å². The summed E-state index contributed by atoms with van der Waals surface area (Å²) in [5.74, 6) is 0. The number of nitrogens with zero attached hydrogens (tertiary/aromatic N) is 1. The van der Waals surface area contributed by atoms with Gasteiger partial charge in [-0.1, -0.05) is 30.7 Å². The first-order valence-electron chi connectivity index (χ1n) is 6.21. The van der Waals surface area contributed by atoms with Gasteiger partial charge in [-0.15, -0.1) is 0 Å². The highest BCUT2D eigenvalue weighted by molar-refractivity contribution is 6.30. The Morgan fingerprint density at radius 1 is 1.35 bits per heavy atom. The van der Waals surface area contributed by atoms with Gasteiger partial charge in [-0.05, 0) is 43.1 Å². The largest absolute Gasteiger partial charge is 0.316 e. The summed E-state index contributed by atoms with van der Waals surface area (Å²) in [6.07, 6.45) is 1.28. The molecule has 1 atom stereocenters. The molecule has 0 saturated carbocycles. The molecular formula is C14H21ClN2. The van der Waals surface area contributed by atoms with Gasteiger partial charge in [0.1, 0.15) is 0 Å². The van der Waals surface area contributed by atoms with Crippen LogP contribution in [0.1, 0.15) is 18.9 Å². The third-order valence-corrected chi connectivity index (χ3v) is 3.73. The molecule has 94 valence electrons. The molecule has 0 amide bonds. The van der Waals surface area contributed by atoms with Crippen LogP contribution in [0.5, 0.6) is 0 Å². The van der Waals surface area contributed by atoms with E-state index in [9.17, 15) is 0 Å². The standard InChI is InChI=1S/C14H21ClN2/c1-14(7-8-16-10-14)11-17(2)9-12-3-5-13(15)6-4-12/h3-6,16H,7-11H2,1-2H3. The number of rotatable bonds is 4. The van der Waals surface area contributed by atoms with Crippen LogP contribution >= 0.6 is 11.6 Å². The molecule has 0 spiro atoms. The van der Waals surface area contributed by atoms with Gasteiger partial charge in [-0.3, -0.25) is 0 Å². The molecule has 3 heteroatoms. The molecular weight excluding hydrogens is 232 g/mol. The molecule has 1 unspecified atom stereocenters. The van der Waals surface area contributed by atoms with Crippen LogP contribution in [0.15, 0.2) is 24.3 Å². The fourth-order valence-electron chi connectivity index (χ4n) is 2.61. The van der Waals surface area contributed by atoms with Crippen molar-refractivity contribution in [3.05, 3.63) is 34.9 Å². The Bertz CT molecular complexity index is 355. The monoisotopic (exact) mass is 252 g/mol. The van der Waals surface area contributed by atoms with Gasteiger partial charge in [-0.2, -0.15) is 0 Å². The van der Waals surface area contributed by atoms with Crippen LogP contribution in [-0.4, -0.2) is 31.6 Å². The van der Waals surface area contributed by atoms with Gasteiger partial charge in [0.25, 0.3) is 0 Å². The van der Waals surface area contributed by atoms with Crippen LogP contribution < -0.4 is 5.32 Å². The van der Waals surface area contributed by atoms with Gasteiger partial charge >= 0.3 is 0 Å². The molecule has 17 heavy (non-hydrogen) atoms. The summed E-state index contributed by atoms with van der Waals surface area (Å²) in [7, 11) is 2.19. The molecule has 2 rings (SSSR count). The smallest absolute Gasteiger partial charge is 0.0406 e. The SMILES string of the molecule is CN(Cc1ccc(Cl)cc1)CC1(C)CCNC1. The summed E-state index contributed by atoms with van der Waals surface area (Å²) < 4.78 is 0. The predicted octanol–water partition coefficient (Wildman–Crippen LogP) is 2.77. The Hall–Kier alpha value is -0.570. The van der Waals surface area contributed by atoms with Crippen molar-refractivity contribution in [2.45, 2.75) is 19.9 Å². The van der Waals surface area contributed by atoms with E-state index >= 15 is 0 Å². The van der Waals surface area contributed by atoms with Crippen molar-refractivity contribution in [2.75, 3.05) is 26.7 Å². The third kappa shape index (κ3) is 3.70. The lowest BCUT2D eigenvalue weighted by atomic mass is 9.89. The third-order valence-electron chi connectivity index (χ3n) is 3.47. The maximum absolute atomic E-state index is 5.89. The highest BCUT2D eigenvalue weighted by Gasteiger charge is 2.29. The van der Waals surface area contributed by atoms with E-state index in [4.69, 9.17) is 11.6 Å². The normalized spacial score (nSPS) is 24.5. The highest BCUT2D eigenvalue weighted by Crippen LogP contribution is 2.25. The molecule has 1 aromatic carbocycles. The lowest BCUT2D eigenvalue weighted by molar-refractivity contribution is 0.203. The fourth-order valence-corrected chi connectivity index (χ4v) is 2.74. The predicted molar refractivity (Wildman–Crippen MR) is 73.4 cm³/mol. The van der Waals surface area contributed by atoms with Gasteiger partial charge in [0.15, 0.2) is 0 Å². The van der Waals surface area contributed by atoms with Crippen molar-refractivity contribution >= 4 is 11.6 Å². The van der Waals surface area contributed by atoms with Gasteiger partial charge in [0, 0.05) is 24.7 Å². The van der Waals surface area contributed by atoms with E-state index in [1.54, 1.807) is 0 Å². The average Bonchev–Trinajstić information content (AvgIpc) is 2.68. The summed E-state index contributed by atoms with van der Waals surface area (Å²) >= 11 is 5.89. The molecule has 1 saturated heterocycles. The zero-order valence-electron chi connectivity index (χ0n) is 10.7. The Kier molecular flexibility index (Phi) is 4.08. The Morgan fingerprint density at radius 3 is 2.65 bits per heavy atom. The van der Waals surface area contributed by atoms with Gasteiger partial charge in [0.05, 0.1) is 0 Å². The van der Waals surface area contributed by atoms with E-state index in [0.717, 1.165) is 31.2 Å². The summed E-state index contributed by atoms with van der Waals surface area (Å²) in [5, 5.41) is 4.25. The second-order valence-electron chi connectivity index (χ2n) is 5.54. The molecule has 1 heterocycles. The summed E-state index contributed by atoms with van der Waals surface area (Å²) in [6.45, 7) is 6.80. The maximum atomic E-state index is 5.89. The van der Waals surface area contributed by atoms with E-state index in [1.165, 1.54) is 12.0 Å². The first kappa shape index (κ1) is 12.9. The van der Waals surface area contributed by atoms with E-state index in [0.29, 0.717) is 5.41 Å². The molecule has 1 aromatic rings. The number of hydrogen-bond acceptors (Lipinski definition) is 2. The minimum absolute atomic E-state index is 0.432.